The molecule has 0 aromatic heterocycles. The first-order valence-electron chi connectivity index (χ1n) is 5.95. The second kappa shape index (κ2) is 6.35. The summed E-state index contributed by atoms with van der Waals surface area (Å²) in [7, 11) is -2.82. The zero-order chi connectivity index (χ0) is 12.0. The molecule has 4 nitrogen and oxygen atoms in total. The fraction of sp³-hybridized carbons (Fsp3) is 0.909. The van der Waals surface area contributed by atoms with Crippen molar-refractivity contribution in [3.05, 3.63) is 0 Å². The number of hydrogen-bond donors (Lipinski definition) is 0. The third kappa shape index (κ3) is 4.61. The summed E-state index contributed by atoms with van der Waals surface area (Å²) in [6.45, 7) is 4.38. The van der Waals surface area contributed by atoms with Crippen LogP contribution in [0.1, 0.15) is 26.2 Å². The molecular formula is C11H21NO3S. The predicted molar refractivity (Wildman–Crippen MR) is 64.2 cm³/mol. The maximum absolute atomic E-state index is 11.3. The highest BCUT2D eigenvalue weighted by atomic mass is 32.2. The molecular weight excluding hydrogens is 226 g/mol. The van der Waals surface area contributed by atoms with Gasteiger partial charge in [0.25, 0.3) is 0 Å². The minimum atomic E-state index is -2.82. The van der Waals surface area contributed by atoms with E-state index >= 15 is 0 Å². The van der Waals surface area contributed by atoms with E-state index in [-0.39, 0.29) is 17.4 Å². The maximum atomic E-state index is 11.3. The second-order valence-corrected chi connectivity index (χ2v) is 6.88. The minimum absolute atomic E-state index is 0.218. The van der Waals surface area contributed by atoms with E-state index in [0.29, 0.717) is 6.42 Å². The van der Waals surface area contributed by atoms with Crippen molar-refractivity contribution in [1.82, 2.24) is 4.90 Å². The molecule has 1 saturated heterocycles. The SMILES string of the molecule is CCS(=O)(=O)CCCN1CCC(C=O)CC1. The lowest BCUT2D eigenvalue weighted by molar-refractivity contribution is -0.112. The average Bonchev–Trinajstić information content (AvgIpc) is 2.30. The molecule has 1 heterocycles. The normalized spacial score (nSPS) is 19.8. The first-order chi connectivity index (χ1) is 7.57. The predicted octanol–water partition coefficient (Wildman–Crippen LogP) is 0.722. The van der Waals surface area contributed by atoms with Gasteiger partial charge in [-0.3, -0.25) is 0 Å². The van der Waals surface area contributed by atoms with Gasteiger partial charge in [-0.1, -0.05) is 6.92 Å². The molecule has 16 heavy (non-hydrogen) atoms. The van der Waals surface area contributed by atoms with Crippen LogP contribution in [0.2, 0.25) is 0 Å². The van der Waals surface area contributed by atoms with E-state index in [1.54, 1.807) is 6.92 Å². The average molecular weight is 247 g/mol. The van der Waals surface area contributed by atoms with Gasteiger partial charge in [-0.25, -0.2) is 8.42 Å². The highest BCUT2D eigenvalue weighted by molar-refractivity contribution is 7.91. The fourth-order valence-electron chi connectivity index (χ4n) is 1.97. The van der Waals surface area contributed by atoms with Gasteiger partial charge in [-0.05, 0) is 38.9 Å². The molecule has 0 atom stereocenters. The van der Waals surface area contributed by atoms with Crippen molar-refractivity contribution < 1.29 is 13.2 Å². The van der Waals surface area contributed by atoms with Crippen molar-refractivity contribution in [3.63, 3.8) is 0 Å². The summed E-state index contributed by atoms with van der Waals surface area (Å²) in [5.41, 5.74) is 0. The summed E-state index contributed by atoms with van der Waals surface area (Å²) < 4.78 is 22.5. The molecule has 94 valence electrons. The van der Waals surface area contributed by atoms with E-state index < -0.39 is 9.84 Å². The van der Waals surface area contributed by atoms with Crippen LogP contribution in [0.4, 0.5) is 0 Å². The Bertz CT molecular complexity index is 305. The number of nitrogens with zero attached hydrogens (tertiary/aromatic N) is 1. The lowest BCUT2D eigenvalue weighted by atomic mass is 9.99. The van der Waals surface area contributed by atoms with Crippen molar-refractivity contribution in [3.8, 4) is 0 Å². The van der Waals surface area contributed by atoms with Crippen molar-refractivity contribution in [2.75, 3.05) is 31.1 Å². The van der Waals surface area contributed by atoms with Crippen LogP contribution in [-0.4, -0.2) is 50.7 Å². The largest absolute Gasteiger partial charge is 0.303 e. The van der Waals surface area contributed by atoms with Crippen molar-refractivity contribution in [2.45, 2.75) is 26.2 Å². The van der Waals surface area contributed by atoms with Gasteiger partial charge in [0.05, 0.1) is 5.75 Å². The van der Waals surface area contributed by atoms with E-state index in [1.165, 1.54) is 0 Å². The van der Waals surface area contributed by atoms with Gasteiger partial charge in [0.15, 0.2) is 0 Å². The van der Waals surface area contributed by atoms with E-state index in [0.717, 1.165) is 38.8 Å². The van der Waals surface area contributed by atoms with Gasteiger partial charge < -0.3 is 9.69 Å². The van der Waals surface area contributed by atoms with Gasteiger partial charge in [0, 0.05) is 11.7 Å². The Labute approximate surface area is 97.9 Å². The monoisotopic (exact) mass is 247 g/mol. The Morgan fingerprint density at radius 1 is 1.31 bits per heavy atom. The number of hydrogen-bond acceptors (Lipinski definition) is 4. The second-order valence-electron chi connectivity index (χ2n) is 4.41. The zero-order valence-electron chi connectivity index (χ0n) is 9.89. The zero-order valence-corrected chi connectivity index (χ0v) is 10.7. The van der Waals surface area contributed by atoms with Gasteiger partial charge in [-0.2, -0.15) is 0 Å². The van der Waals surface area contributed by atoms with Crippen LogP contribution in [0.15, 0.2) is 0 Å². The lowest BCUT2D eigenvalue weighted by Crippen LogP contribution is -2.35. The Hall–Kier alpha value is -0.420. The van der Waals surface area contributed by atoms with Crippen LogP contribution in [0, 0.1) is 5.92 Å². The summed E-state index contributed by atoms with van der Waals surface area (Å²) in [6, 6.07) is 0. The van der Waals surface area contributed by atoms with Crippen LogP contribution in [0.5, 0.6) is 0 Å². The number of sulfone groups is 1. The standard InChI is InChI=1S/C11H21NO3S/c1-2-16(14,15)9-3-6-12-7-4-11(10-13)5-8-12/h10-11H,2-9H2,1H3. The van der Waals surface area contributed by atoms with Crippen molar-refractivity contribution in [2.24, 2.45) is 5.92 Å². The highest BCUT2D eigenvalue weighted by Crippen LogP contribution is 2.14. The smallest absolute Gasteiger partial charge is 0.150 e. The molecule has 1 aliphatic heterocycles. The first kappa shape index (κ1) is 13.6. The quantitative estimate of drug-likeness (QED) is 0.649. The highest BCUT2D eigenvalue weighted by Gasteiger charge is 2.18. The molecule has 0 N–H and O–H groups in total. The molecule has 0 amide bonds. The Morgan fingerprint density at radius 3 is 2.44 bits per heavy atom. The summed E-state index contributed by atoms with van der Waals surface area (Å²) in [5.74, 6) is 0.743. The van der Waals surface area contributed by atoms with Gasteiger partial charge in [-0.15, -0.1) is 0 Å². The van der Waals surface area contributed by atoms with Crippen LogP contribution in [0.25, 0.3) is 0 Å². The molecule has 0 spiro atoms. The molecule has 0 bridgehead atoms. The minimum Gasteiger partial charge on any atom is -0.303 e. The van der Waals surface area contributed by atoms with Gasteiger partial charge in [0.1, 0.15) is 16.1 Å². The molecule has 1 rings (SSSR count). The molecule has 0 radical (unpaired) electrons. The molecule has 0 aromatic carbocycles. The number of rotatable bonds is 6. The summed E-state index contributed by atoms with van der Waals surface area (Å²) in [5, 5.41) is 0. The van der Waals surface area contributed by atoms with Crippen LogP contribution in [0.3, 0.4) is 0 Å². The van der Waals surface area contributed by atoms with Gasteiger partial charge >= 0.3 is 0 Å². The van der Waals surface area contributed by atoms with E-state index in [9.17, 15) is 13.2 Å². The molecule has 5 heteroatoms. The first-order valence-corrected chi connectivity index (χ1v) is 7.77. The summed E-state index contributed by atoms with van der Waals surface area (Å²) in [6.07, 6.45) is 3.59. The molecule has 0 aromatic rings. The molecule has 0 saturated carbocycles. The topological polar surface area (TPSA) is 54.5 Å². The number of carbonyl (C=O) groups is 1. The van der Waals surface area contributed by atoms with E-state index in [2.05, 4.69) is 4.90 Å². The molecule has 1 fully saturated rings. The van der Waals surface area contributed by atoms with Gasteiger partial charge in [0.2, 0.25) is 0 Å². The lowest BCUT2D eigenvalue weighted by Gasteiger charge is -2.29. The summed E-state index contributed by atoms with van der Waals surface area (Å²) in [4.78, 5) is 12.8. The Balaban J connectivity index is 2.18. The Kier molecular flexibility index (Phi) is 5.41. The number of piperidine rings is 1. The van der Waals surface area contributed by atoms with Crippen LogP contribution < -0.4 is 0 Å². The van der Waals surface area contributed by atoms with Crippen molar-refractivity contribution in [1.29, 1.82) is 0 Å². The third-order valence-electron chi connectivity index (χ3n) is 3.19. The number of likely N-dealkylation sites (tertiary alicyclic amines) is 1. The van der Waals surface area contributed by atoms with E-state index in [4.69, 9.17) is 0 Å². The fourth-order valence-corrected chi connectivity index (χ4v) is 2.82. The van der Waals surface area contributed by atoms with Crippen LogP contribution in [-0.2, 0) is 14.6 Å². The van der Waals surface area contributed by atoms with E-state index in [1.807, 2.05) is 0 Å². The molecule has 1 aliphatic rings. The molecule has 0 aliphatic carbocycles. The Morgan fingerprint density at radius 2 is 1.94 bits per heavy atom. The number of aldehydes is 1. The number of carbonyl (C=O) groups excluding carboxylic acids is 1. The maximum Gasteiger partial charge on any atom is 0.150 e. The summed E-state index contributed by atoms with van der Waals surface area (Å²) >= 11 is 0. The van der Waals surface area contributed by atoms with Crippen molar-refractivity contribution >= 4 is 16.1 Å². The van der Waals surface area contributed by atoms with Crippen LogP contribution >= 0.6 is 0 Å². The third-order valence-corrected chi connectivity index (χ3v) is 4.98. The molecule has 0 unspecified atom stereocenters.